The lowest BCUT2D eigenvalue weighted by Gasteiger charge is -2.45. The Labute approximate surface area is 184 Å². The number of carbonyl (C=O) groups excluding carboxylic acids is 3. The molecule has 1 aliphatic heterocycles. The van der Waals surface area contributed by atoms with Gasteiger partial charge in [-0.05, 0) is 12.6 Å². The number of aliphatic hydroxyl groups excluding tert-OH is 1. The van der Waals surface area contributed by atoms with Gasteiger partial charge in [-0.2, -0.15) is 0 Å². The molecule has 1 fully saturated rings. The number of nitrogens with one attached hydrogen (secondary N) is 1. The van der Waals surface area contributed by atoms with Crippen molar-refractivity contribution in [3.05, 3.63) is 48.2 Å². The van der Waals surface area contributed by atoms with Crippen LogP contribution < -0.4 is 5.32 Å². The number of ether oxygens (including phenoxy) is 5. The van der Waals surface area contributed by atoms with Gasteiger partial charge in [0.15, 0.2) is 18.5 Å². The van der Waals surface area contributed by atoms with E-state index in [0.717, 1.165) is 6.92 Å². The molecule has 0 spiro atoms. The standard InChI is InChI=1S/C21H26FNO9/c1-11(24)23-18-20(31-14(4)27)19(30-13(3)26)17(10-28-12(2)25)32-21(18)29-9-15-7-5-6-8-16(15)22/h5-8,17-21,26H,3,9-10H2,1-2,4H3,(H,23,24)/t17-,18-,19+,20+,21-/m0/s1. The third-order valence-electron chi connectivity index (χ3n) is 4.40. The second kappa shape index (κ2) is 11.4. The minimum Gasteiger partial charge on any atom is -0.481 e. The van der Waals surface area contributed by atoms with Crippen molar-refractivity contribution in [1.82, 2.24) is 5.32 Å². The Kier molecular flexibility index (Phi) is 8.97. The molecule has 1 heterocycles. The number of hydrogen-bond donors (Lipinski definition) is 2. The van der Waals surface area contributed by atoms with E-state index < -0.39 is 60.3 Å². The van der Waals surface area contributed by atoms with Crippen LogP contribution in [0.2, 0.25) is 0 Å². The monoisotopic (exact) mass is 455 g/mol. The minimum absolute atomic E-state index is 0.223. The van der Waals surface area contributed by atoms with Crippen LogP contribution in [0.1, 0.15) is 26.3 Å². The Morgan fingerprint density at radius 2 is 1.81 bits per heavy atom. The van der Waals surface area contributed by atoms with Crippen molar-refractivity contribution in [2.75, 3.05) is 6.61 Å². The lowest BCUT2D eigenvalue weighted by Crippen LogP contribution is -2.66. The first kappa shape index (κ1) is 25.1. The van der Waals surface area contributed by atoms with Crippen molar-refractivity contribution in [2.24, 2.45) is 0 Å². The first-order chi connectivity index (χ1) is 15.1. The van der Waals surface area contributed by atoms with Gasteiger partial charge in [-0.3, -0.25) is 14.4 Å². The van der Waals surface area contributed by atoms with Gasteiger partial charge in [0.25, 0.3) is 5.95 Å². The van der Waals surface area contributed by atoms with E-state index in [9.17, 15) is 23.9 Å². The maximum Gasteiger partial charge on any atom is 0.303 e. The summed E-state index contributed by atoms with van der Waals surface area (Å²) in [6.45, 7) is 6.21. The number of aliphatic hydroxyl groups is 1. The van der Waals surface area contributed by atoms with Gasteiger partial charge in [0.05, 0.1) is 6.61 Å². The molecule has 5 atom stereocenters. The van der Waals surface area contributed by atoms with Crippen molar-refractivity contribution in [3.63, 3.8) is 0 Å². The van der Waals surface area contributed by atoms with Crippen molar-refractivity contribution < 1.29 is 47.6 Å². The maximum atomic E-state index is 14.0. The molecule has 1 aromatic rings. The fourth-order valence-corrected chi connectivity index (χ4v) is 3.19. The molecule has 1 saturated heterocycles. The Morgan fingerprint density at radius 3 is 2.38 bits per heavy atom. The lowest BCUT2D eigenvalue weighted by atomic mass is 9.96. The van der Waals surface area contributed by atoms with Crippen LogP contribution in [0.3, 0.4) is 0 Å². The minimum atomic E-state index is -1.25. The number of amides is 1. The molecule has 2 N–H and O–H groups in total. The predicted octanol–water partition coefficient (Wildman–Crippen LogP) is 1.48. The van der Waals surface area contributed by atoms with Gasteiger partial charge in [0, 0.05) is 26.3 Å². The highest BCUT2D eigenvalue weighted by molar-refractivity contribution is 5.73. The van der Waals surface area contributed by atoms with E-state index in [1.54, 1.807) is 6.07 Å². The molecule has 0 bridgehead atoms. The van der Waals surface area contributed by atoms with Crippen LogP contribution in [-0.4, -0.2) is 60.2 Å². The first-order valence-corrected chi connectivity index (χ1v) is 9.71. The van der Waals surface area contributed by atoms with E-state index in [1.165, 1.54) is 32.0 Å². The Hall–Kier alpha value is -3.18. The van der Waals surface area contributed by atoms with Gasteiger partial charge < -0.3 is 34.1 Å². The quantitative estimate of drug-likeness (QED) is 0.420. The average Bonchev–Trinajstić information content (AvgIpc) is 2.68. The second-order valence-electron chi connectivity index (χ2n) is 7.02. The van der Waals surface area contributed by atoms with Crippen molar-refractivity contribution >= 4 is 17.8 Å². The first-order valence-electron chi connectivity index (χ1n) is 9.71. The Balaban J connectivity index is 2.37. The molecule has 10 nitrogen and oxygen atoms in total. The van der Waals surface area contributed by atoms with Gasteiger partial charge in [0.1, 0.15) is 24.6 Å². The number of carbonyl (C=O) groups is 3. The molecule has 32 heavy (non-hydrogen) atoms. The summed E-state index contributed by atoms with van der Waals surface area (Å²) in [5.74, 6) is -3.06. The third-order valence-corrected chi connectivity index (χ3v) is 4.40. The molecule has 0 aromatic heterocycles. The lowest BCUT2D eigenvalue weighted by molar-refractivity contribution is -0.283. The molecule has 176 valence electrons. The molecular formula is C21H26FNO9. The highest BCUT2D eigenvalue weighted by Crippen LogP contribution is 2.29. The summed E-state index contributed by atoms with van der Waals surface area (Å²) in [5.41, 5.74) is 0.223. The van der Waals surface area contributed by atoms with Crippen LogP contribution in [0, 0.1) is 5.82 Å². The fourth-order valence-electron chi connectivity index (χ4n) is 3.19. The normalized spacial score (nSPS) is 24.8. The van der Waals surface area contributed by atoms with E-state index in [0.29, 0.717) is 0 Å². The zero-order valence-electron chi connectivity index (χ0n) is 17.9. The number of halogens is 1. The van der Waals surface area contributed by atoms with E-state index in [-0.39, 0.29) is 18.8 Å². The second-order valence-corrected chi connectivity index (χ2v) is 7.02. The van der Waals surface area contributed by atoms with E-state index in [4.69, 9.17) is 23.7 Å². The molecule has 1 amide bonds. The highest BCUT2D eigenvalue weighted by atomic mass is 19.1. The maximum absolute atomic E-state index is 14.0. The van der Waals surface area contributed by atoms with Crippen molar-refractivity contribution in [3.8, 4) is 0 Å². The van der Waals surface area contributed by atoms with E-state index >= 15 is 0 Å². The van der Waals surface area contributed by atoms with Crippen molar-refractivity contribution in [2.45, 2.75) is 58.0 Å². The zero-order valence-corrected chi connectivity index (χ0v) is 17.9. The molecule has 2 rings (SSSR count). The number of hydrogen-bond acceptors (Lipinski definition) is 9. The summed E-state index contributed by atoms with van der Waals surface area (Å²) in [7, 11) is 0. The SMILES string of the molecule is C=C(O)O[C@H]1[C@H](OC(C)=O)[C@H](NC(C)=O)[C@@H](OCc2ccccc2F)O[C@H]1COC(C)=O. The number of benzene rings is 1. The van der Waals surface area contributed by atoms with Crippen LogP contribution in [-0.2, 0) is 44.7 Å². The van der Waals surface area contributed by atoms with Gasteiger partial charge in [-0.1, -0.05) is 18.2 Å². The molecule has 0 unspecified atom stereocenters. The topological polar surface area (TPSA) is 130 Å². The van der Waals surface area contributed by atoms with Crippen LogP contribution in [0.25, 0.3) is 0 Å². The Bertz CT molecular complexity index is 846. The van der Waals surface area contributed by atoms with Crippen LogP contribution in [0.15, 0.2) is 36.8 Å². The fraction of sp³-hybridized carbons (Fsp3) is 0.476. The predicted molar refractivity (Wildman–Crippen MR) is 106 cm³/mol. The third kappa shape index (κ3) is 7.20. The van der Waals surface area contributed by atoms with E-state index in [2.05, 4.69) is 11.9 Å². The summed E-state index contributed by atoms with van der Waals surface area (Å²) >= 11 is 0. The molecule has 11 heteroatoms. The van der Waals surface area contributed by atoms with Gasteiger partial charge in [-0.15, -0.1) is 0 Å². The molecule has 1 aromatic carbocycles. The number of esters is 2. The molecule has 0 saturated carbocycles. The van der Waals surface area contributed by atoms with E-state index in [1.807, 2.05) is 0 Å². The summed E-state index contributed by atoms with van der Waals surface area (Å²) in [5, 5.41) is 12.2. The van der Waals surface area contributed by atoms with Crippen LogP contribution in [0.4, 0.5) is 4.39 Å². The molecule has 1 aliphatic rings. The van der Waals surface area contributed by atoms with Gasteiger partial charge >= 0.3 is 11.9 Å². The van der Waals surface area contributed by atoms with Crippen LogP contribution in [0.5, 0.6) is 0 Å². The van der Waals surface area contributed by atoms with Crippen LogP contribution >= 0.6 is 0 Å². The van der Waals surface area contributed by atoms with Gasteiger partial charge in [-0.25, -0.2) is 4.39 Å². The summed E-state index contributed by atoms with van der Waals surface area (Å²) in [4.78, 5) is 34.9. The largest absolute Gasteiger partial charge is 0.481 e. The summed E-state index contributed by atoms with van der Waals surface area (Å²) in [6.07, 6.45) is -4.81. The highest BCUT2D eigenvalue weighted by Gasteiger charge is 2.51. The average molecular weight is 455 g/mol. The van der Waals surface area contributed by atoms with Crippen molar-refractivity contribution in [1.29, 1.82) is 0 Å². The molecular weight excluding hydrogens is 429 g/mol. The summed E-state index contributed by atoms with van der Waals surface area (Å²) in [6, 6.07) is 4.80. The Morgan fingerprint density at radius 1 is 1.12 bits per heavy atom. The number of rotatable bonds is 9. The summed E-state index contributed by atoms with van der Waals surface area (Å²) < 4.78 is 41.2. The zero-order chi connectivity index (χ0) is 23.8. The van der Waals surface area contributed by atoms with Gasteiger partial charge in [0.2, 0.25) is 5.91 Å². The molecule has 0 aliphatic carbocycles. The smallest absolute Gasteiger partial charge is 0.303 e. The molecule has 0 radical (unpaired) electrons.